The molecule has 2 N–H and O–H groups in total. The summed E-state index contributed by atoms with van der Waals surface area (Å²) in [7, 11) is 0. The Morgan fingerprint density at radius 2 is 2.20 bits per heavy atom. The van der Waals surface area contributed by atoms with E-state index in [9.17, 15) is 4.39 Å². The molecular formula is C21H25FN8. The van der Waals surface area contributed by atoms with Gasteiger partial charge in [0, 0.05) is 50.5 Å². The number of guanidine groups is 1. The minimum absolute atomic E-state index is 0.172. The Balaban J connectivity index is 1.37. The number of aromatic nitrogens is 4. The van der Waals surface area contributed by atoms with Crippen molar-refractivity contribution in [1.82, 2.24) is 30.2 Å². The van der Waals surface area contributed by atoms with Gasteiger partial charge < -0.3 is 15.5 Å². The predicted molar refractivity (Wildman–Crippen MR) is 114 cm³/mol. The summed E-state index contributed by atoms with van der Waals surface area (Å²) in [6, 6.07) is 7.18. The molecule has 0 amide bonds. The number of halogens is 1. The van der Waals surface area contributed by atoms with Gasteiger partial charge in [-0.2, -0.15) is 0 Å². The van der Waals surface area contributed by atoms with Crippen molar-refractivity contribution >= 4 is 11.8 Å². The minimum Gasteiger partial charge on any atom is -0.357 e. The summed E-state index contributed by atoms with van der Waals surface area (Å²) >= 11 is 0. The lowest BCUT2D eigenvalue weighted by molar-refractivity contribution is 0.612. The van der Waals surface area contributed by atoms with Crippen molar-refractivity contribution in [1.29, 1.82) is 0 Å². The Kier molecular flexibility index (Phi) is 6.17. The molecule has 8 nitrogen and oxygen atoms in total. The first kappa shape index (κ1) is 19.8. The van der Waals surface area contributed by atoms with Gasteiger partial charge in [0.1, 0.15) is 12.1 Å². The highest BCUT2D eigenvalue weighted by Gasteiger charge is 2.25. The van der Waals surface area contributed by atoms with E-state index >= 15 is 0 Å². The molecule has 156 valence electrons. The quantitative estimate of drug-likeness (QED) is 0.480. The normalized spacial score (nSPS) is 16.7. The highest BCUT2D eigenvalue weighted by Crippen LogP contribution is 2.20. The van der Waals surface area contributed by atoms with Crippen LogP contribution in [0.3, 0.4) is 0 Å². The van der Waals surface area contributed by atoms with Gasteiger partial charge in [-0.15, -0.1) is 0 Å². The first-order chi connectivity index (χ1) is 14.7. The maximum atomic E-state index is 14.0. The maximum Gasteiger partial charge on any atom is 0.191 e. The second-order valence-corrected chi connectivity index (χ2v) is 7.07. The lowest BCUT2D eigenvalue weighted by atomic mass is 10.2. The topological polar surface area (TPSA) is 83.3 Å². The van der Waals surface area contributed by atoms with E-state index in [1.165, 1.54) is 6.07 Å². The average Bonchev–Trinajstić information content (AvgIpc) is 3.45. The number of hydrogen-bond acceptors (Lipinski definition) is 5. The van der Waals surface area contributed by atoms with E-state index in [1.807, 2.05) is 40.9 Å². The molecule has 0 radical (unpaired) electrons. The molecule has 1 aliphatic heterocycles. The first-order valence-electron chi connectivity index (χ1n) is 10.1. The molecule has 0 bridgehead atoms. The highest BCUT2D eigenvalue weighted by atomic mass is 19.1. The molecule has 1 fully saturated rings. The van der Waals surface area contributed by atoms with Gasteiger partial charge >= 0.3 is 0 Å². The van der Waals surface area contributed by atoms with Crippen LogP contribution in [0.1, 0.15) is 18.9 Å². The minimum atomic E-state index is -0.287. The average molecular weight is 408 g/mol. The summed E-state index contributed by atoms with van der Waals surface area (Å²) in [5.74, 6) is 1.68. The fourth-order valence-corrected chi connectivity index (χ4v) is 3.42. The van der Waals surface area contributed by atoms with Gasteiger partial charge in [0.25, 0.3) is 0 Å². The summed E-state index contributed by atoms with van der Waals surface area (Å²) in [6.45, 7) is 4.74. The van der Waals surface area contributed by atoms with Crippen LogP contribution in [0.25, 0.3) is 5.82 Å². The molecule has 9 heteroatoms. The van der Waals surface area contributed by atoms with Crippen molar-refractivity contribution in [3.8, 4) is 5.82 Å². The van der Waals surface area contributed by atoms with Crippen LogP contribution in [0.5, 0.6) is 0 Å². The number of nitrogens with one attached hydrogen (secondary N) is 2. The van der Waals surface area contributed by atoms with Crippen molar-refractivity contribution < 1.29 is 4.39 Å². The van der Waals surface area contributed by atoms with Gasteiger partial charge in [0.05, 0.1) is 6.54 Å². The van der Waals surface area contributed by atoms with E-state index in [-0.39, 0.29) is 11.9 Å². The molecule has 1 saturated heterocycles. The summed E-state index contributed by atoms with van der Waals surface area (Å²) in [6.07, 6.45) is 9.63. The molecule has 4 heterocycles. The van der Waals surface area contributed by atoms with Crippen LogP contribution >= 0.6 is 0 Å². The van der Waals surface area contributed by atoms with Gasteiger partial charge in [0.15, 0.2) is 17.6 Å². The van der Waals surface area contributed by atoms with E-state index in [2.05, 4.69) is 30.6 Å². The van der Waals surface area contributed by atoms with E-state index in [4.69, 9.17) is 0 Å². The maximum absolute atomic E-state index is 14.0. The molecule has 4 rings (SSSR count). The van der Waals surface area contributed by atoms with Crippen LogP contribution in [-0.4, -0.2) is 51.2 Å². The lowest BCUT2D eigenvalue weighted by Crippen LogP contribution is -2.44. The van der Waals surface area contributed by atoms with Crippen LogP contribution in [0, 0.1) is 5.82 Å². The van der Waals surface area contributed by atoms with Crippen LogP contribution < -0.4 is 15.5 Å². The van der Waals surface area contributed by atoms with E-state index in [1.54, 1.807) is 24.8 Å². The van der Waals surface area contributed by atoms with Crippen molar-refractivity contribution in [2.75, 3.05) is 24.5 Å². The van der Waals surface area contributed by atoms with Crippen molar-refractivity contribution in [2.24, 2.45) is 4.99 Å². The molecule has 3 aromatic rings. The molecule has 0 spiro atoms. The standard InChI is InChI=1S/C21H25FN8/c1-2-24-21(27-13-16-5-6-19(26-12-16)30-11-9-23-15-30)28-17-7-10-29(14-17)20-18(22)4-3-8-25-20/h3-6,8-9,11-12,15,17H,2,7,10,13-14H2,1H3,(H2,24,27,28). The summed E-state index contributed by atoms with van der Waals surface area (Å²) in [5, 5.41) is 6.73. The second-order valence-electron chi connectivity index (χ2n) is 7.07. The number of anilines is 1. The zero-order valence-electron chi connectivity index (χ0n) is 16.9. The van der Waals surface area contributed by atoms with Gasteiger partial charge in [-0.25, -0.2) is 24.3 Å². The largest absolute Gasteiger partial charge is 0.357 e. The molecule has 1 aliphatic rings. The number of imidazole rings is 1. The van der Waals surface area contributed by atoms with Gasteiger partial charge in [-0.05, 0) is 37.1 Å². The SMILES string of the molecule is CCNC(=NCc1ccc(-n2ccnc2)nc1)NC1CCN(c2ncccc2F)C1. The van der Waals surface area contributed by atoms with Crippen molar-refractivity contribution in [3.05, 3.63) is 66.8 Å². The molecule has 0 aliphatic carbocycles. The number of pyridine rings is 2. The monoisotopic (exact) mass is 408 g/mol. The third-order valence-corrected chi connectivity index (χ3v) is 4.91. The van der Waals surface area contributed by atoms with Crippen molar-refractivity contribution in [3.63, 3.8) is 0 Å². The fraction of sp³-hybridized carbons (Fsp3) is 0.333. The Bertz CT molecular complexity index is 971. The van der Waals surface area contributed by atoms with Crippen LogP contribution in [-0.2, 0) is 6.54 Å². The van der Waals surface area contributed by atoms with E-state index in [0.29, 0.717) is 18.9 Å². The summed E-state index contributed by atoms with van der Waals surface area (Å²) < 4.78 is 15.9. The summed E-state index contributed by atoms with van der Waals surface area (Å²) in [5.41, 5.74) is 1.01. The van der Waals surface area contributed by atoms with E-state index < -0.39 is 0 Å². The number of aliphatic imine (C=N–C) groups is 1. The molecule has 3 aromatic heterocycles. The fourth-order valence-electron chi connectivity index (χ4n) is 3.42. The number of hydrogen-bond donors (Lipinski definition) is 2. The molecule has 1 atom stereocenters. The number of nitrogens with zero attached hydrogens (tertiary/aromatic N) is 6. The zero-order chi connectivity index (χ0) is 20.8. The lowest BCUT2D eigenvalue weighted by Gasteiger charge is -2.20. The Labute approximate surface area is 174 Å². The Hall–Kier alpha value is -3.49. The van der Waals surface area contributed by atoms with Crippen LogP contribution in [0.4, 0.5) is 10.2 Å². The van der Waals surface area contributed by atoms with Gasteiger partial charge in [-0.1, -0.05) is 6.07 Å². The highest BCUT2D eigenvalue weighted by molar-refractivity contribution is 5.80. The first-order valence-corrected chi connectivity index (χ1v) is 10.1. The van der Waals surface area contributed by atoms with Gasteiger partial charge in [0.2, 0.25) is 0 Å². The third-order valence-electron chi connectivity index (χ3n) is 4.91. The van der Waals surface area contributed by atoms with Crippen molar-refractivity contribution in [2.45, 2.75) is 25.9 Å². The van der Waals surface area contributed by atoms with Crippen LogP contribution in [0.15, 0.2) is 60.4 Å². The second kappa shape index (κ2) is 9.34. The predicted octanol–water partition coefficient (Wildman–Crippen LogP) is 2.14. The molecule has 30 heavy (non-hydrogen) atoms. The molecule has 0 aromatic carbocycles. The summed E-state index contributed by atoms with van der Waals surface area (Å²) in [4.78, 5) is 19.3. The molecule has 0 saturated carbocycles. The molecule has 1 unspecified atom stereocenters. The third kappa shape index (κ3) is 4.73. The van der Waals surface area contributed by atoms with E-state index in [0.717, 1.165) is 36.9 Å². The smallest absolute Gasteiger partial charge is 0.191 e. The van der Waals surface area contributed by atoms with Gasteiger partial charge in [-0.3, -0.25) is 4.57 Å². The van der Waals surface area contributed by atoms with Crippen LogP contribution in [0.2, 0.25) is 0 Å². The number of rotatable bonds is 6. The zero-order valence-corrected chi connectivity index (χ0v) is 16.9. The molecular weight excluding hydrogens is 383 g/mol. The Morgan fingerprint density at radius 1 is 1.27 bits per heavy atom. The Morgan fingerprint density at radius 3 is 2.93 bits per heavy atom.